The van der Waals surface area contributed by atoms with E-state index in [1.54, 1.807) is 23.1 Å². The Morgan fingerprint density at radius 3 is 2.69 bits per heavy atom. The molecule has 0 saturated carbocycles. The van der Waals surface area contributed by atoms with Gasteiger partial charge >= 0.3 is 0 Å². The maximum atomic E-state index is 8.51. The Balaban J connectivity index is 2.14. The van der Waals surface area contributed by atoms with Gasteiger partial charge in [0.15, 0.2) is 5.84 Å². The van der Waals surface area contributed by atoms with Crippen molar-refractivity contribution in [2.75, 3.05) is 0 Å². The van der Waals surface area contributed by atoms with Crippen LogP contribution in [0.15, 0.2) is 42.1 Å². The number of benzene rings is 1. The van der Waals surface area contributed by atoms with E-state index in [2.05, 4.69) is 15.2 Å². The number of nitrogens with two attached hydrogens (primary N) is 1. The molecule has 0 unspecified atom stereocenters. The minimum Gasteiger partial charge on any atom is -0.409 e. The Morgan fingerprint density at radius 2 is 2.12 bits per heavy atom. The second-order valence-corrected chi connectivity index (χ2v) is 3.28. The zero-order chi connectivity index (χ0) is 11.4. The molecule has 82 valence electrons. The van der Waals surface area contributed by atoms with Crippen molar-refractivity contribution in [3.05, 3.63) is 48.0 Å². The second-order valence-electron chi connectivity index (χ2n) is 3.28. The largest absolute Gasteiger partial charge is 0.409 e. The van der Waals surface area contributed by atoms with Gasteiger partial charge in [-0.15, -0.1) is 0 Å². The number of nitrogens with zero attached hydrogens (tertiary/aromatic N) is 4. The number of hydrogen-bond donors (Lipinski definition) is 2. The molecule has 6 heteroatoms. The molecule has 0 aliphatic rings. The number of aromatic nitrogens is 3. The first-order valence-corrected chi connectivity index (χ1v) is 4.69. The highest BCUT2D eigenvalue weighted by Gasteiger charge is 1.99. The van der Waals surface area contributed by atoms with Crippen LogP contribution in [0.25, 0.3) is 0 Å². The molecule has 2 rings (SSSR count). The summed E-state index contributed by atoms with van der Waals surface area (Å²) in [5.41, 5.74) is 7.21. The van der Waals surface area contributed by atoms with Gasteiger partial charge in [-0.1, -0.05) is 29.4 Å². The standard InChI is InChI=1S/C10H11N5O/c11-10(14-16)9-3-1-8(2-4-9)5-15-7-12-6-13-15/h1-4,6-7,16H,5H2,(H2,11,14). The normalized spacial score (nSPS) is 11.6. The van der Waals surface area contributed by atoms with Gasteiger partial charge in [-0.05, 0) is 5.56 Å². The molecule has 0 bridgehead atoms. The van der Waals surface area contributed by atoms with E-state index in [1.165, 1.54) is 6.33 Å². The molecule has 1 aromatic heterocycles. The van der Waals surface area contributed by atoms with Crippen LogP contribution < -0.4 is 5.73 Å². The van der Waals surface area contributed by atoms with Crippen molar-refractivity contribution in [1.29, 1.82) is 0 Å². The van der Waals surface area contributed by atoms with Crippen LogP contribution in [0.1, 0.15) is 11.1 Å². The summed E-state index contributed by atoms with van der Waals surface area (Å²) in [6.45, 7) is 0.649. The minimum absolute atomic E-state index is 0.104. The fraction of sp³-hybridized carbons (Fsp3) is 0.100. The highest BCUT2D eigenvalue weighted by Crippen LogP contribution is 2.05. The highest BCUT2D eigenvalue weighted by atomic mass is 16.4. The first-order valence-electron chi connectivity index (χ1n) is 4.69. The third-order valence-corrected chi connectivity index (χ3v) is 2.17. The number of oxime groups is 1. The highest BCUT2D eigenvalue weighted by molar-refractivity contribution is 5.96. The Bertz CT molecular complexity index is 474. The minimum atomic E-state index is 0.104. The Morgan fingerprint density at radius 1 is 1.38 bits per heavy atom. The Kier molecular flexibility index (Phi) is 2.81. The monoisotopic (exact) mass is 217 g/mol. The topological polar surface area (TPSA) is 89.3 Å². The molecule has 16 heavy (non-hydrogen) atoms. The van der Waals surface area contributed by atoms with Crippen molar-refractivity contribution in [2.24, 2.45) is 10.9 Å². The molecule has 1 heterocycles. The van der Waals surface area contributed by atoms with Crippen LogP contribution in [0.2, 0.25) is 0 Å². The number of hydrogen-bond acceptors (Lipinski definition) is 4. The van der Waals surface area contributed by atoms with E-state index in [0.29, 0.717) is 12.1 Å². The summed E-state index contributed by atoms with van der Waals surface area (Å²) in [5, 5.41) is 15.4. The maximum Gasteiger partial charge on any atom is 0.170 e. The lowest BCUT2D eigenvalue weighted by Gasteiger charge is -2.02. The molecular formula is C10H11N5O. The van der Waals surface area contributed by atoms with Crippen LogP contribution in [0.3, 0.4) is 0 Å². The lowest BCUT2D eigenvalue weighted by atomic mass is 10.1. The maximum absolute atomic E-state index is 8.51. The van der Waals surface area contributed by atoms with E-state index in [0.717, 1.165) is 5.56 Å². The van der Waals surface area contributed by atoms with Crippen LogP contribution >= 0.6 is 0 Å². The lowest BCUT2D eigenvalue weighted by molar-refractivity contribution is 0.318. The predicted molar refractivity (Wildman–Crippen MR) is 58.1 cm³/mol. The molecule has 0 saturated heterocycles. The van der Waals surface area contributed by atoms with E-state index in [-0.39, 0.29) is 5.84 Å². The van der Waals surface area contributed by atoms with E-state index in [4.69, 9.17) is 10.9 Å². The lowest BCUT2D eigenvalue weighted by Crippen LogP contribution is -2.13. The van der Waals surface area contributed by atoms with Crippen LogP contribution in [-0.4, -0.2) is 25.8 Å². The van der Waals surface area contributed by atoms with E-state index < -0.39 is 0 Å². The fourth-order valence-corrected chi connectivity index (χ4v) is 1.34. The van der Waals surface area contributed by atoms with Gasteiger partial charge in [-0.2, -0.15) is 5.10 Å². The molecule has 6 nitrogen and oxygen atoms in total. The third kappa shape index (κ3) is 2.17. The van der Waals surface area contributed by atoms with Crippen molar-refractivity contribution in [3.63, 3.8) is 0 Å². The quantitative estimate of drug-likeness (QED) is 0.337. The molecule has 0 fully saturated rings. The summed E-state index contributed by atoms with van der Waals surface area (Å²) in [6, 6.07) is 7.38. The van der Waals surface area contributed by atoms with Crippen molar-refractivity contribution >= 4 is 5.84 Å². The summed E-state index contributed by atoms with van der Waals surface area (Å²) in [7, 11) is 0. The van der Waals surface area contributed by atoms with Gasteiger partial charge in [0.05, 0.1) is 6.54 Å². The molecule has 2 aromatic rings. The summed E-state index contributed by atoms with van der Waals surface area (Å²) in [6.07, 6.45) is 3.14. The zero-order valence-electron chi connectivity index (χ0n) is 8.48. The molecule has 0 radical (unpaired) electrons. The predicted octanol–water partition coefficient (Wildman–Crippen LogP) is 0.421. The molecular weight excluding hydrogens is 206 g/mol. The second kappa shape index (κ2) is 4.43. The van der Waals surface area contributed by atoms with Crippen LogP contribution in [0, 0.1) is 0 Å². The summed E-state index contributed by atoms with van der Waals surface area (Å²) in [5.74, 6) is 0.104. The van der Waals surface area contributed by atoms with Gasteiger partial charge < -0.3 is 10.9 Å². The van der Waals surface area contributed by atoms with Gasteiger partial charge in [-0.25, -0.2) is 9.67 Å². The van der Waals surface area contributed by atoms with Crippen molar-refractivity contribution in [2.45, 2.75) is 6.54 Å². The van der Waals surface area contributed by atoms with Gasteiger partial charge in [0.25, 0.3) is 0 Å². The fourth-order valence-electron chi connectivity index (χ4n) is 1.34. The van der Waals surface area contributed by atoms with E-state index in [9.17, 15) is 0 Å². The van der Waals surface area contributed by atoms with Crippen LogP contribution in [0.4, 0.5) is 0 Å². The Hall–Kier alpha value is -2.37. The molecule has 0 atom stereocenters. The van der Waals surface area contributed by atoms with Crippen molar-refractivity contribution in [3.8, 4) is 0 Å². The molecule has 0 amide bonds. The van der Waals surface area contributed by atoms with Gasteiger partial charge in [0.1, 0.15) is 12.7 Å². The molecule has 3 N–H and O–H groups in total. The van der Waals surface area contributed by atoms with Crippen molar-refractivity contribution < 1.29 is 5.21 Å². The Labute approximate surface area is 92.0 Å². The summed E-state index contributed by atoms with van der Waals surface area (Å²) >= 11 is 0. The number of amidine groups is 1. The SMILES string of the molecule is N/C(=N\O)c1ccc(Cn2cncn2)cc1. The average molecular weight is 217 g/mol. The van der Waals surface area contributed by atoms with Gasteiger partial charge in [-0.3, -0.25) is 0 Å². The summed E-state index contributed by atoms with van der Waals surface area (Å²) < 4.78 is 1.72. The molecule has 1 aromatic carbocycles. The molecule has 0 spiro atoms. The average Bonchev–Trinajstić information content (AvgIpc) is 2.82. The summed E-state index contributed by atoms with van der Waals surface area (Å²) in [4.78, 5) is 3.86. The number of rotatable bonds is 3. The zero-order valence-corrected chi connectivity index (χ0v) is 8.48. The van der Waals surface area contributed by atoms with Crippen LogP contribution in [-0.2, 0) is 6.54 Å². The first kappa shape index (κ1) is 10.2. The van der Waals surface area contributed by atoms with E-state index in [1.807, 2.05) is 12.1 Å². The van der Waals surface area contributed by atoms with E-state index >= 15 is 0 Å². The van der Waals surface area contributed by atoms with Gasteiger partial charge in [0, 0.05) is 5.56 Å². The first-order chi connectivity index (χ1) is 7.79. The smallest absolute Gasteiger partial charge is 0.170 e. The van der Waals surface area contributed by atoms with Gasteiger partial charge in [0.2, 0.25) is 0 Å². The molecule has 0 aliphatic carbocycles. The third-order valence-electron chi connectivity index (χ3n) is 2.17. The van der Waals surface area contributed by atoms with Crippen molar-refractivity contribution in [1.82, 2.24) is 14.8 Å². The van der Waals surface area contributed by atoms with Crippen LogP contribution in [0.5, 0.6) is 0 Å². The molecule has 0 aliphatic heterocycles.